The molecule has 6 nitrogen and oxygen atoms in total. The van der Waals surface area contributed by atoms with E-state index in [1.165, 1.54) is 6.92 Å². The van der Waals surface area contributed by atoms with Crippen molar-refractivity contribution in [1.82, 2.24) is 0 Å². The number of carbonyl (C=O) groups excluding carboxylic acids is 2. The monoisotopic (exact) mass is 414 g/mol. The summed E-state index contributed by atoms with van der Waals surface area (Å²) in [5.74, 6) is -0.888. The maximum Gasteiger partial charge on any atom is 0.351 e. The molecule has 0 aromatic heterocycles. The maximum absolute atomic E-state index is 12.5. The van der Waals surface area contributed by atoms with Crippen LogP contribution in [0.4, 0.5) is 0 Å². The topological polar surface area (TPSA) is 82.1 Å². The number of aliphatic hydroxyl groups is 1. The van der Waals surface area contributed by atoms with Gasteiger partial charge in [-0.05, 0) is 37.0 Å². The highest BCUT2D eigenvalue weighted by Gasteiger charge is 2.60. The predicted molar refractivity (Wildman–Crippen MR) is 111 cm³/mol. The van der Waals surface area contributed by atoms with Gasteiger partial charge in [0.25, 0.3) is 0 Å². The van der Waals surface area contributed by atoms with E-state index >= 15 is 0 Å². The molecule has 0 radical (unpaired) electrons. The molecule has 1 saturated carbocycles. The third-order valence-electron chi connectivity index (χ3n) is 5.65. The molecular weight excluding hydrogens is 376 g/mol. The Morgan fingerprint density at radius 2 is 1.89 bits per heavy atom. The molecule has 0 unspecified atom stereocenters. The van der Waals surface area contributed by atoms with E-state index in [-0.39, 0.29) is 23.9 Å². The number of fused-ring (bicyclic) bond motifs is 2. The van der Waals surface area contributed by atoms with Crippen LogP contribution in [0.25, 0.3) is 0 Å². The summed E-state index contributed by atoms with van der Waals surface area (Å²) in [6.07, 6.45) is 4.26. The minimum absolute atomic E-state index is 0.0544. The van der Waals surface area contributed by atoms with E-state index in [4.69, 9.17) is 19.0 Å². The van der Waals surface area contributed by atoms with Gasteiger partial charge in [-0.1, -0.05) is 40.2 Å². The van der Waals surface area contributed by atoms with Gasteiger partial charge in [0, 0.05) is 26.4 Å². The second-order valence-corrected chi connectivity index (χ2v) is 13.8. The van der Waals surface area contributed by atoms with E-state index in [0.717, 1.165) is 18.4 Å². The molecule has 2 rings (SSSR count). The highest BCUT2D eigenvalue weighted by Crippen LogP contribution is 2.47. The van der Waals surface area contributed by atoms with Gasteiger partial charge in [0.15, 0.2) is 8.32 Å². The first kappa shape index (κ1) is 24.9. The van der Waals surface area contributed by atoms with Crippen LogP contribution in [0.1, 0.15) is 67.2 Å². The molecule has 0 aromatic carbocycles. The van der Waals surface area contributed by atoms with Crippen molar-refractivity contribution in [3.63, 3.8) is 0 Å². The lowest BCUT2D eigenvalue weighted by Gasteiger charge is -2.43. The molecule has 28 heavy (non-hydrogen) atoms. The fourth-order valence-electron chi connectivity index (χ4n) is 3.25. The number of unbranched alkanes of at least 4 members (excludes halogenated alkanes) is 1. The second-order valence-electron chi connectivity index (χ2n) is 9.07. The Bertz CT molecular complexity index is 592. The third kappa shape index (κ3) is 5.67. The normalized spacial score (nSPS) is 28.5. The van der Waals surface area contributed by atoms with Gasteiger partial charge >= 0.3 is 11.9 Å². The Hall–Kier alpha value is -1.18. The number of allylic oxidation sites excluding steroid dienone is 1. The Labute approximate surface area is 170 Å². The molecule has 0 spiro atoms. The molecule has 3 atom stereocenters. The molecule has 0 aromatic rings. The zero-order chi connectivity index (χ0) is 21.8. The lowest BCUT2D eigenvalue weighted by atomic mass is 9.80. The van der Waals surface area contributed by atoms with E-state index in [1.54, 1.807) is 6.92 Å². The highest BCUT2D eigenvalue weighted by molar-refractivity contribution is 6.74. The smallest absolute Gasteiger partial charge is 0.351 e. The van der Waals surface area contributed by atoms with E-state index in [0.29, 0.717) is 12.8 Å². The van der Waals surface area contributed by atoms with Crippen LogP contribution >= 0.6 is 0 Å². The average molecular weight is 415 g/mol. The molecule has 1 aliphatic carbocycles. The number of carbonyl (C=O) groups is 2. The largest absolute Gasteiger partial charge is 0.455 e. The maximum atomic E-state index is 12.5. The fourth-order valence-corrected chi connectivity index (χ4v) is 4.54. The molecule has 2 fully saturated rings. The minimum Gasteiger partial charge on any atom is -0.455 e. The summed E-state index contributed by atoms with van der Waals surface area (Å²) < 4.78 is 17.7. The quantitative estimate of drug-likeness (QED) is 0.414. The van der Waals surface area contributed by atoms with Crippen molar-refractivity contribution in [3.05, 3.63) is 11.6 Å². The van der Waals surface area contributed by atoms with Gasteiger partial charge in [0.05, 0.1) is 6.10 Å². The molecule has 1 saturated heterocycles. The van der Waals surface area contributed by atoms with Crippen molar-refractivity contribution in [2.24, 2.45) is 0 Å². The van der Waals surface area contributed by atoms with Gasteiger partial charge in [0.1, 0.15) is 6.10 Å². The Balaban J connectivity index is 0.00000122. The SMILES string of the molecule is CCC/C=C1\[C@H]2C[C@@](OC(C)=O)(C[C@H]1O[Si](C)(C)C(C)(C)C)C(=O)O2.CCO. The minimum atomic E-state index is -2.05. The summed E-state index contributed by atoms with van der Waals surface area (Å²) in [6.45, 7) is 16.3. The molecule has 1 heterocycles. The number of aliphatic hydroxyl groups excluding tert-OH is 1. The summed E-state index contributed by atoms with van der Waals surface area (Å²) in [7, 11) is -2.05. The highest BCUT2D eigenvalue weighted by atomic mass is 28.4. The zero-order valence-corrected chi connectivity index (χ0v) is 19.8. The summed E-state index contributed by atoms with van der Waals surface area (Å²) in [6, 6.07) is 0. The van der Waals surface area contributed by atoms with Crippen molar-refractivity contribution in [3.8, 4) is 0 Å². The first-order chi connectivity index (χ1) is 12.8. The number of esters is 2. The third-order valence-corrected chi connectivity index (χ3v) is 10.1. The molecule has 2 aliphatic rings. The first-order valence-electron chi connectivity index (χ1n) is 10.2. The Morgan fingerprint density at radius 3 is 2.36 bits per heavy atom. The Kier molecular flexibility index (Phi) is 8.47. The lowest BCUT2D eigenvalue weighted by molar-refractivity contribution is -0.172. The Morgan fingerprint density at radius 1 is 1.32 bits per heavy atom. The first-order valence-corrected chi connectivity index (χ1v) is 13.1. The van der Waals surface area contributed by atoms with Gasteiger partial charge in [-0.2, -0.15) is 0 Å². The van der Waals surface area contributed by atoms with Crippen molar-refractivity contribution in [2.75, 3.05) is 6.61 Å². The molecule has 162 valence electrons. The van der Waals surface area contributed by atoms with Crippen LogP contribution < -0.4 is 0 Å². The van der Waals surface area contributed by atoms with Crippen molar-refractivity contribution in [1.29, 1.82) is 0 Å². The van der Waals surface area contributed by atoms with Gasteiger partial charge in [-0.15, -0.1) is 0 Å². The van der Waals surface area contributed by atoms with Crippen LogP contribution in [0.15, 0.2) is 11.6 Å². The van der Waals surface area contributed by atoms with Gasteiger partial charge in [0.2, 0.25) is 5.60 Å². The van der Waals surface area contributed by atoms with Crippen molar-refractivity contribution >= 4 is 20.3 Å². The zero-order valence-electron chi connectivity index (χ0n) is 18.8. The molecule has 1 aliphatic heterocycles. The molecule has 2 bridgehead atoms. The number of rotatable bonds is 5. The molecular formula is C21H38O6Si. The molecule has 0 amide bonds. The molecule has 7 heteroatoms. The van der Waals surface area contributed by atoms with E-state index in [1.807, 2.05) is 0 Å². The lowest BCUT2D eigenvalue weighted by Crippen LogP contribution is -2.51. The standard InChI is InChI=1S/C19H32O5Si.C2H6O/c1-8-9-10-14-15-11-19(17(21)22-15,23-13(2)20)12-16(14)24-25(6,7)18(3,4)5;1-2-3/h10,15-16H,8-9,11-12H2,1-7H3;3H,2H2,1H3/b14-10+;/t15-,16-,19-;/m1./s1. The summed E-state index contributed by atoms with van der Waals surface area (Å²) in [5.41, 5.74) is -0.145. The van der Waals surface area contributed by atoms with Crippen molar-refractivity contribution in [2.45, 2.75) is 103 Å². The van der Waals surface area contributed by atoms with Crippen LogP contribution in [0.2, 0.25) is 18.1 Å². The number of ether oxygens (including phenoxy) is 2. The van der Waals surface area contributed by atoms with Crippen LogP contribution in [0.5, 0.6) is 0 Å². The average Bonchev–Trinajstić information content (AvgIpc) is 2.77. The van der Waals surface area contributed by atoms with Gasteiger partial charge in [-0.25, -0.2) is 4.79 Å². The van der Waals surface area contributed by atoms with Crippen LogP contribution in [0.3, 0.4) is 0 Å². The predicted octanol–water partition coefficient (Wildman–Crippen LogP) is 4.12. The van der Waals surface area contributed by atoms with Crippen molar-refractivity contribution < 1.29 is 28.6 Å². The summed E-state index contributed by atoms with van der Waals surface area (Å²) in [5, 5.41) is 7.62. The number of hydrogen-bond acceptors (Lipinski definition) is 6. The van der Waals surface area contributed by atoms with E-state index in [2.05, 4.69) is 46.9 Å². The van der Waals surface area contributed by atoms with E-state index < -0.39 is 25.9 Å². The van der Waals surface area contributed by atoms with Crippen LogP contribution in [0, 0.1) is 0 Å². The van der Waals surface area contributed by atoms with Gasteiger partial charge in [-0.3, -0.25) is 4.79 Å². The summed E-state index contributed by atoms with van der Waals surface area (Å²) >= 11 is 0. The fraction of sp³-hybridized carbons (Fsp3) is 0.810. The van der Waals surface area contributed by atoms with Crippen LogP contribution in [-0.2, 0) is 23.5 Å². The van der Waals surface area contributed by atoms with Gasteiger partial charge < -0.3 is 19.0 Å². The summed E-state index contributed by atoms with van der Waals surface area (Å²) in [4.78, 5) is 24.0. The van der Waals surface area contributed by atoms with Crippen LogP contribution in [-0.4, -0.2) is 49.8 Å². The van der Waals surface area contributed by atoms with E-state index in [9.17, 15) is 9.59 Å². The molecule has 1 N–H and O–H groups in total. The second kappa shape index (κ2) is 9.54. The number of hydrogen-bond donors (Lipinski definition) is 1.